The maximum Gasteiger partial charge on any atom is 0.255 e. The van der Waals surface area contributed by atoms with Gasteiger partial charge >= 0.3 is 0 Å². The predicted molar refractivity (Wildman–Crippen MR) is 118 cm³/mol. The summed E-state index contributed by atoms with van der Waals surface area (Å²) in [6.45, 7) is 1.99. The van der Waals surface area contributed by atoms with Crippen molar-refractivity contribution in [3.8, 4) is 0 Å². The first kappa shape index (κ1) is 19.7. The van der Waals surface area contributed by atoms with Crippen LogP contribution < -0.4 is 10.6 Å². The maximum absolute atomic E-state index is 12.4. The minimum atomic E-state index is -0.231. The van der Waals surface area contributed by atoms with Crippen LogP contribution in [0.3, 0.4) is 0 Å². The fourth-order valence-electron chi connectivity index (χ4n) is 3.10. The van der Waals surface area contributed by atoms with Gasteiger partial charge in [0, 0.05) is 34.4 Å². The SMILES string of the molecule is Cc1cccn2cc(CC(=O)Nc3ccc(NC(=O)c4ccc(Cl)cc4)cc3)nc12. The Morgan fingerprint density at radius 1 is 0.967 bits per heavy atom. The second-order valence-corrected chi connectivity index (χ2v) is 7.35. The number of hydrogen-bond acceptors (Lipinski definition) is 3. The number of benzene rings is 2. The molecule has 30 heavy (non-hydrogen) atoms. The predicted octanol–water partition coefficient (Wildman–Crippen LogP) is 4.73. The van der Waals surface area contributed by atoms with Crippen LogP contribution >= 0.6 is 11.6 Å². The van der Waals surface area contributed by atoms with Crippen molar-refractivity contribution in [3.63, 3.8) is 0 Å². The summed E-state index contributed by atoms with van der Waals surface area (Å²) < 4.78 is 1.91. The van der Waals surface area contributed by atoms with Gasteiger partial charge in [-0.15, -0.1) is 0 Å². The Morgan fingerprint density at radius 2 is 1.63 bits per heavy atom. The number of aromatic nitrogens is 2. The van der Waals surface area contributed by atoms with Gasteiger partial charge < -0.3 is 15.0 Å². The minimum Gasteiger partial charge on any atom is -0.326 e. The van der Waals surface area contributed by atoms with E-state index in [1.54, 1.807) is 48.5 Å². The number of halogens is 1. The van der Waals surface area contributed by atoms with Crippen LogP contribution in [0.15, 0.2) is 73.1 Å². The summed E-state index contributed by atoms with van der Waals surface area (Å²) in [7, 11) is 0. The van der Waals surface area contributed by atoms with Crippen LogP contribution in [0.25, 0.3) is 5.65 Å². The zero-order valence-electron chi connectivity index (χ0n) is 16.2. The number of amides is 2. The van der Waals surface area contributed by atoms with Crippen LogP contribution in [0.1, 0.15) is 21.6 Å². The van der Waals surface area contributed by atoms with Crippen LogP contribution in [0.5, 0.6) is 0 Å². The van der Waals surface area contributed by atoms with Gasteiger partial charge in [-0.1, -0.05) is 17.7 Å². The Kier molecular flexibility index (Phi) is 5.50. The molecule has 0 atom stereocenters. The molecule has 4 rings (SSSR count). The summed E-state index contributed by atoms with van der Waals surface area (Å²) in [6, 6.07) is 17.5. The van der Waals surface area contributed by atoms with Crippen molar-refractivity contribution in [2.75, 3.05) is 10.6 Å². The van der Waals surface area contributed by atoms with Crippen molar-refractivity contribution in [3.05, 3.63) is 94.9 Å². The lowest BCUT2D eigenvalue weighted by Gasteiger charge is -2.08. The highest BCUT2D eigenvalue weighted by Gasteiger charge is 2.10. The van der Waals surface area contributed by atoms with E-state index >= 15 is 0 Å². The molecule has 6 nitrogen and oxygen atoms in total. The number of rotatable bonds is 5. The number of anilines is 2. The minimum absolute atomic E-state index is 0.158. The van der Waals surface area contributed by atoms with E-state index in [9.17, 15) is 9.59 Å². The largest absolute Gasteiger partial charge is 0.326 e. The van der Waals surface area contributed by atoms with Gasteiger partial charge in [-0.2, -0.15) is 0 Å². The van der Waals surface area contributed by atoms with Crippen molar-refractivity contribution < 1.29 is 9.59 Å². The number of imidazole rings is 1. The van der Waals surface area contributed by atoms with E-state index in [-0.39, 0.29) is 18.2 Å². The number of pyridine rings is 1. The summed E-state index contributed by atoms with van der Waals surface area (Å²) in [5.41, 5.74) is 4.39. The molecule has 0 fully saturated rings. The van der Waals surface area contributed by atoms with Gasteiger partial charge in [-0.05, 0) is 67.1 Å². The topological polar surface area (TPSA) is 75.5 Å². The van der Waals surface area contributed by atoms with Crippen LogP contribution in [-0.2, 0) is 11.2 Å². The van der Waals surface area contributed by atoms with E-state index < -0.39 is 0 Å². The quantitative estimate of drug-likeness (QED) is 0.492. The molecular weight excluding hydrogens is 400 g/mol. The molecular formula is C23H19ClN4O2. The summed E-state index contributed by atoms with van der Waals surface area (Å²) >= 11 is 5.84. The van der Waals surface area contributed by atoms with Crippen molar-refractivity contribution >= 4 is 40.4 Å². The van der Waals surface area contributed by atoms with Crippen LogP contribution in [-0.4, -0.2) is 21.2 Å². The number of carbonyl (C=O) groups is 2. The molecule has 0 radical (unpaired) electrons. The molecule has 2 amide bonds. The highest BCUT2D eigenvalue weighted by atomic mass is 35.5. The molecule has 2 N–H and O–H groups in total. The molecule has 0 bridgehead atoms. The van der Waals surface area contributed by atoms with Crippen molar-refractivity contribution in [2.24, 2.45) is 0 Å². The summed E-state index contributed by atoms with van der Waals surface area (Å²) in [6.07, 6.45) is 3.95. The molecule has 0 unspecified atom stereocenters. The molecule has 2 heterocycles. The lowest BCUT2D eigenvalue weighted by atomic mass is 10.2. The van der Waals surface area contributed by atoms with Crippen LogP contribution in [0.4, 0.5) is 11.4 Å². The fourth-order valence-corrected chi connectivity index (χ4v) is 3.23. The average Bonchev–Trinajstić information content (AvgIpc) is 3.13. The number of carbonyl (C=O) groups excluding carboxylic acids is 2. The Morgan fingerprint density at radius 3 is 2.30 bits per heavy atom. The Hall–Kier alpha value is -3.64. The van der Waals surface area contributed by atoms with Gasteiger partial charge in [0.25, 0.3) is 5.91 Å². The summed E-state index contributed by atoms with van der Waals surface area (Å²) in [5.74, 6) is -0.389. The monoisotopic (exact) mass is 418 g/mol. The number of fused-ring (bicyclic) bond motifs is 1. The Bertz CT molecular complexity index is 1210. The Labute approximate surface area is 178 Å². The molecule has 7 heteroatoms. The van der Waals surface area contributed by atoms with Crippen molar-refractivity contribution in [1.29, 1.82) is 0 Å². The lowest BCUT2D eigenvalue weighted by Crippen LogP contribution is -2.15. The van der Waals surface area contributed by atoms with Gasteiger partial charge in [0.1, 0.15) is 5.65 Å². The lowest BCUT2D eigenvalue weighted by molar-refractivity contribution is -0.115. The van der Waals surface area contributed by atoms with E-state index in [1.165, 1.54) is 0 Å². The molecule has 2 aromatic heterocycles. The van der Waals surface area contributed by atoms with Gasteiger partial charge in [0.05, 0.1) is 12.1 Å². The first-order valence-electron chi connectivity index (χ1n) is 9.38. The first-order valence-corrected chi connectivity index (χ1v) is 9.76. The molecule has 2 aromatic carbocycles. The summed E-state index contributed by atoms with van der Waals surface area (Å²) in [5, 5.41) is 6.24. The van der Waals surface area contributed by atoms with Gasteiger partial charge in [-0.3, -0.25) is 9.59 Å². The zero-order chi connectivity index (χ0) is 21.1. The van der Waals surface area contributed by atoms with Crippen molar-refractivity contribution in [1.82, 2.24) is 9.38 Å². The average molecular weight is 419 g/mol. The van der Waals surface area contributed by atoms with E-state index in [1.807, 2.05) is 35.9 Å². The molecule has 0 aliphatic carbocycles. The Balaban J connectivity index is 1.36. The second-order valence-electron chi connectivity index (χ2n) is 6.92. The highest BCUT2D eigenvalue weighted by Crippen LogP contribution is 2.17. The van der Waals surface area contributed by atoms with E-state index in [0.717, 1.165) is 11.2 Å². The third-order valence-corrected chi connectivity index (χ3v) is 4.85. The summed E-state index contributed by atoms with van der Waals surface area (Å²) in [4.78, 5) is 29.2. The molecule has 4 aromatic rings. The number of nitrogens with one attached hydrogen (secondary N) is 2. The van der Waals surface area contributed by atoms with Crippen LogP contribution in [0.2, 0.25) is 5.02 Å². The number of hydrogen-bond donors (Lipinski definition) is 2. The normalized spacial score (nSPS) is 10.7. The highest BCUT2D eigenvalue weighted by molar-refractivity contribution is 6.30. The van der Waals surface area contributed by atoms with Crippen molar-refractivity contribution in [2.45, 2.75) is 13.3 Å². The second kappa shape index (κ2) is 8.39. The third-order valence-electron chi connectivity index (χ3n) is 4.60. The van der Waals surface area contributed by atoms with E-state index in [0.29, 0.717) is 27.7 Å². The maximum atomic E-state index is 12.4. The van der Waals surface area contributed by atoms with E-state index in [2.05, 4.69) is 15.6 Å². The molecule has 0 saturated carbocycles. The molecule has 0 saturated heterocycles. The number of nitrogens with zero attached hydrogens (tertiary/aromatic N) is 2. The third kappa shape index (κ3) is 4.50. The van der Waals surface area contributed by atoms with Crippen LogP contribution in [0, 0.1) is 6.92 Å². The first-order chi connectivity index (χ1) is 14.5. The van der Waals surface area contributed by atoms with Gasteiger partial charge in [0.2, 0.25) is 5.91 Å². The van der Waals surface area contributed by atoms with E-state index in [4.69, 9.17) is 11.6 Å². The fraction of sp³-hybridized carbons (Fsp3) is 0.0870. The molecule has 0 aliphatic heterocycles. The molecule has 150 valence electrons. The molecule has 0 aliphatic rings. The smallest absolute Gasteiger partial charge is 0.255 e. The number of aryl methyl sites for hydroxylation is 1. The zero-order valence-corrected chi connectivity index (χ0v) is 17.0. The van der Waals surface area contributed by atoms with Gasteiger partial charge in [0.15, 0.2) is 0 Å². The molecule has 0 spiro atoms. The van der Waals surface area contributed by atoms with Gasteiger partial charge in [-0.25, -0.2) is 4.98 Å². The standard InChI is InChI=1S/C23H19ClN4O2/c1-15-3-2-12-28-14-20(26-22(15)28)13-21(29)25-18-8-10-19(11-9-18)27-23(30)16-4-6-17(24)7-5-16/h2-12,14H,13H2,1H3,(H,25,29)(H,27,30).